The zero-order valence-corrected chi connectivity index (χ0v) is 14.8. The summed E-state index contributed by atoms with van der Waals surface area (Å²) in [6, 6.07) is 0. The van der Waals surface area contributed by atoms with Crippen molar-refractivity contribution in [2.45, 2.75) is 0 Å². The van der Waals surface area contributed by atoms with E-state index in [1.54, 1.807) is 0 Å². The van der Waals surface area contributed by atoms with E-state index in [2.05, 4.69) is 39.9 Å². The van der Waals surface area contributed by atoms with E-state index in [1.807, 2.05) is 0 Å². The van der Waals surface area contributed by atoms with Gasteiger partial charge in [0.2, 0.25) is 11.9 Å². The molecule has 0 unspecified atom stereocenters. The molecule has 0 aliphatic heterocycles. The fourth-order valence-electron chi connectivity index (χ4n) is 1.71. The van der Waals surface area contributed by atoms with Crippen molar-refractivity contribution in [1.29, 1.82) is 0 Å². The number of aromatic nitrogens is 8. The smallest absolute Gasteiger partial charge is 0.857 e. The van der Waals surface area contributed by atoms with E-state index in [1.165, 1.54) is 24.8 Å². The van der Waals surface area contributed by atoms with Gasteiger partial charge in [0.15, 0.2) is 11.3 Å². The average molecular weight is 364 g/mol. The fourth-order valence-corrected chi connectivity index (χ4v) is 1.71. The van der Waals surface area contributed by atoms with Crippen LogP contribution in [0.2, 0.25) is 0 Å². The molecule has 0 saturated carbocycles. The molecule has 4 N–H and O–H groups in total. The third-order valence-corrected chi connectivity index (χ3v) is 2.64. The van der Waals surface area contributed by atoms with Gasteiger partial charge in [-0.3, -0.25) is 9.97 Å². The zero-order chi connectivity index (χ0) is 17.1. The van der Waals surface area contributed by atoms with Crippen LogP contribution >= 0.6 is 0 Å². The summed E-state index contributed by atoms with van der Waals surface area (Å²) in [6.07, 6.45) is 5.69. The summed E-state index contributed by atoms with van der Waals surface area (Å²) < 4.78 is 0. The number of hydrogen-bond donors (Lipinski definition) is 2. The van der Waals surface area contributed by atoms with Crippen molar-refractivity contribution >= 4 is 72.0 Å². The Bertz CT molecular complexity index is 948. The van der Waals surface area contributed by atoms with Crippen LogP contribution in [-0.4, -0.2) is 77.6 Å². The summed E-state index contributed by atoms with van der Waals surface area (Å²) in [5.74, 6) is -1.14. The Morgan fingerprint density at radius 2 is 0.960 bits per heavy atom. The predicted octanol–water partition coefficient (Wildman–Crippen LogP) is -2.23. The van der Waals surface area contributed by atoms with Gasteiger partial charge in [-0.25, -0.2) is 19.9 Å². The maximum atomic E-state index is 11.1. The third-order valence-electron chi connectivity index (χ3n) is 2.64. The molecule has 0 radical (unpaired) electrons. The minimum Gasteiger partial charge on any atom is -0.857 e. The van der Waals surface area contributed by atoms with Gasteiger partial charge in [0, 0.05) is 36.5 Å². The van der Waals surface area contributed by atoms with Crippen LogP contribution < -0.4 is 21.7 Å². The Hall–Kier alpha value is -2.70. The summed E-state index contributed by atoms with van der Waals surface area (Å²) >= 11 is 0. The number of hydrogen-bond acceptors (Lipinski definition) is 12. The summed E-state index contributed by atoms with van der Waals surface area (Å²) in [6.45, 7) is 0. The van der Waals surface area contributed by atoms with Crippen LogP contribution in [0, 0.1) is 0 Å². The molecular formula is C12H8CaN10O2. The van der Waals surface area contributed by atoms with Crippen molar-refractivity contribution in [3.8, 4) is 11.8 Å². The Kier molecular flexibility index (Phi) is 5.90. The van der Waals surface area contributed by atoms with Gasteiger partial charge in [-0.1, -0.05) is 0 Å². The number of anilines is 2. The Balaban J connectivity index is 0.000000173. The van der Waals surface area contributed by atoms with Crippen molar-refractivity contribution in [3.05, 3.63) is 24.8 Å². The molecule has 12 nitrogen and oxygen atoms in total. The largest absolute Gasteiger partial charge is 2.00 e. The molecule has 0 saturated heterocycles. The third kappa shape index (κ3) is 4.23. The molecule has 0 atom stereocenters. The number of nitrogens with zero attached hydrogens (tertiary/aromatic N) is 8. The van der Waals surface area contributed by atoms with Crippen LogP contribution in [0.5, 0.6) is 11.8 Å². The summed E-state index contributed by atoms with van der Waals surface area (Å²) in [5, 5.41) is 22.1. The van der Waals surface area contributed by atoms with E-state index in [-0.39, 0.29) is 72.0 Å². The van der Waals surface area contributed by atoms with E-state index in [0.29, 0.717) is 0 Å². The second-order valence-corrected chi connectivity index (χ2v) is 4.23. The van der Waals surface area contributed by atoms with Gasteiger partial charge in [-0.2, -0.15) is 9.97 Å². The van der Waals surface area contributed by atoms with E-state index < -0.39 is 11.8 Å². The van der Waals surface area contributed by atoms with Gasteiger partial charge in [0.25, 0.3) is 0 Å². The van der Waals surface area contributed by atoms with Crippen LogP contribution in [0.25, 0.3) is 22.3 Å². The first kappa shape index (κ1) is 18.6. The molecular weight excluding hydrogens is 356 g/mol. The molecule has 0 bridgehead atoms. The van der Waals surface area contributed by atoms with Crippen LogP contribution in [0.1, 0.15) is 0 Å². The molecule has 13 heteroatoms. The topological polar surface area (TPSA) is 201 Å². The van der Waals surface area contributed by atoms with Crippen molar-refractivity contribution in [1.82, 2.24) is 39.9 Å². The average Bonchev–Trinajstić information content (AvgIpc) is 2.55. The Labute approximate surface area is 169 Å². The van der Waals surface area contributed by atoms with Gasteiger partial charge >= 0.3 is 37.7 Å². The van der Waals surface area contributed by atoms with Crippen LogP contribution in [0.15, 0.2) is 24.8 Å². The molecule has 0 aliphatic carbocycles. The number of fused-ring (bicyclic) bond motifs is 2. The van der Waals surface area contributed by atoms with Gasteiger partial charge in [0.05, 0.1) is 0 Å². The number of rotatable bonds is 0. The number of nitrogen functional groups attached to an aromatic ring is 2. The standard InChI is InChI=1S/2C6H5N5O.Ca/c2*7-6-10-4-3(5(12)11-6)8-1-2-9-4;/h2*1-2H,(H3,7,9,10,11,12);/q;;+2/p-2. The molecule has 0 amide bonds. The molecule has 25 heavy (non-hydrogen) atoms. The maximum Gasteiger partial charge on any atom is 2.00 e. The number of nitrogens with two attached hydrogens (primary N) is 2. The molecule has 4 heterocycles. The SMILES string of the molecule is Nc1nc([O-])c2nccnc2n1.Nc1nc([O-])c2nccnc2n1.[Ca+2]. The van der Waals surface area contributed by atoms with Gasteiger partial charge < -0.3 is 21.7 Å². The molecule has 4 aromatic heterocycles. The summed E-state index contributed by atoms with van der Waals surface area (Å²) in [5.41, 5.74) is 11.2. The van der Waals surface area contributed by atoms with Crippen molar-refractivity contribution in [3.63, 3.8) is 0 Å². The van der Waals surface area contributed by atoms with Gasteiger partial charge in [-0.05, 0) is 0 Å². The molecule has 0 spiro atoms. The van der Waals surface area contributed by atoms with Crippen molar-refractivity contribution in [2.75, 3.05) is 11.5 Å². The summed E-state index contributed by atoms with van der Waals surface area (Å²) in [7, 11) is 0. The van der Waals surface area contributed by atoms with Gasteiger partial charge in [-0.15, -0.1) is 0 Å². The Morgan fingerprint density at radius 1 is 0.600 bits per heavy atom. The first-order valence-corrected chi connectivity index (χ1v) is 6.37. The molecule has 120 valence electrons. The quantitative estimate of drug-likeness (QED) is 0.318. The molecule has 4 aromatic rings. The molecule has 0 aromatic carbocycles. The van der Waals surface area contributed by atoms with E-state index in [4.69, 9.17) is 11.5 Å². The first-order chi connectivity index (χ1) is 11.5. The molecule has 0 fully saturated rings. The summed E-state index contributed by atoms with van der Waals surface area (Å²) in [4.78, 5) is 29.4. The van der Waals surface area contributed by atoms with Crippen LogP contribution in [0.4, 0.5) is 11.9 Å². The Morgan fingerprint density at radius 3 is 1.36 bits per heavy atom. The zero-order valence-electron chi connectivity index (χ0n) is 12.6. The molecule has 0 aliphatic rings. The van der Waals surface area contributed by atoms with Crippen molar-refractivity contribution < 1.29 is 10.2 Å². The van der Waals surface area contributed by atoms with Crippen LogP contribution in [-0.2, 0) is 0 Å². The monoisotopic (exact) mass is 364 g/mol. The van der Waals surface area contributed by atoms with E-state index in [9.17, 15) is 10.2 Å². The fraction of sp³-hybridized carbons (Fsp3) is 0. The minimum atomic E-state index is -0.495. The normalized spacial score (nSPS) is 9.92. The minimum absolute atomic E-state index is 0. The maximum absolute atomic E-state index is 11.1. The van der Waals surface area contributed by atoms with E-state index >= 15 is 0 Å². The first-order valence-electron chi connectivity index (χ1n) is 6.37. The van der Waals surface area contributed by atoms with Gasteiger partial charge in [0.1, 0.15) is 11.0 Å². The van der Waals surface area contributed by atoms with E-state index in [0.717, 1.165) is 0 Å². The van der Waals surface area contributed by atoms with Crippen LogP contribution in [0.3, 0.4) is 0 Å². The molecule has 4 rings (SSSR count). The predicted molar refractivity (Wildman–Crippen MR) is 83.7 cm³/mol. The van der Waals surface area contributed by atoms with Crippen molar-refractivity contribution in [2.24, 2.45) is 0 Å². The second kappa shape index (κ2) is 7.92. The second-order valence-electron chi connectivity index (χ2n) is 4.23.